The highest BCUT2D eigenvalue weighted by Gasteiger charge is 2.39. The molecule has 0 spiro atoms. The van der Waals surface area contributed by atoms with Gasteiger partial charge >= 0.3 is 0 Å². The molecule has 3 N–H and O–H groups in total. The Morgan fingerprint density at radius 2 is 2.22 bits per heavy atom. The van der Waals surface area contributed by atoms with Crippen LogP contribution in [-0.2, 0) is 6.54 Å². The maximum atomic E-state index is 9.56. The number of aliphatic hydroxyl groups excluding tert-OH is 1. The van der Waals surface area contributed by atoms with Crippen molar-refractivity contribution in [2.45, 2.75) is 32.0 Å². The molecule has 100 valence electrons. The summed E-state index contributed by atoms with van der Waals surface area (Å²) in [5.74, 6) is 0.905. The topological polar surface area (TPSA) is 58.7 Å². The van der Waals surface area contributed by atoms with Gasteiger partial charge in [0, 0.05) is 30.2 Å². The fraction of sp³-hybridized carbons (Fsp3) is 0.571. The van der Waals surface area contributed by atoms with Crippen LogP contribution in [0, 0.1) is 0 Å². The number of rotatable bonds is 4. The summed E-state index contributed by atoms with van der Waals surface area (Å²) in [7, 11) is 1.69. The predicted molar refractivity (Wildman–Crippen MR) is 71.5 cm³/mol. The second-order valence-electron chi connectivity index (χ2n) is 5.38. The summed E-state index contributed by atoms with van der Waals surface area (Å²) >= 11 is 0. The Morgan fingerprint density at radius 1 is 1.50 bits per heavy atom. The average Bonchev–Trinajstić information content (AvgIpc) is 2.77. The first-order valence-electron chi connectivity index (χ1n) is 6.28. The van der Waals surface area contributed by atoms with E-state index in [-0.39, 0.29) is 18.2 Å². The summed E-state index contributed by atoms with van der Waals surface area (Å²) < 4.78 is 5.41. The van der Waals surface area contributed by atoms with E-state index in [0.717, 1.165) is 12.3 Å². The number of nitrogens with two attached hydrogens (primary N) is 1. The molecular weight excluding hydrogens is 228 g/mol. The van der Waals surface area contributed by atoms with Crippen LogP contribution in [0.15, 0.2) is 18.2 Å². The Balaban J connectivity index is 2.42. The van der Waals surface area contributed by atoms with E-state index in [1.807, 2.05) is 26.0 Å². The Labute approximate surface area is 108 Å². The predicted octanol–water partition coefficient (Wildman–Crippen LogP) is 1.28. The lowest BCUT2D eigenvalue weighted by Gasteiger charge is -2.38. The van der Waals surface area contributed by atoms with Crippen molar-refractivity contribution in [2.24, 2.45) is 5.73 Å². The number of hydrogen-bond acceptors (Lipinski definition) is 4. The van der Waals surface area contributed by atoms with Gasteiger partial charge < -0.3 is 15.6 Å². The van der Waals surface area contributed by atoms with Gasteiger partial charge in [-0.1, -0.05) is 12.1 Å². The number of benzene rings is 1. The molecule has 1 unspecified atom stereocenters. The third kappa shape index (κ3) is 2.00. The van der Waals surface area contributed by atoms with E-state index in [0.29, 0.717) is 6.54 Å². The van der Waals surface area contributed by atoms with Gasteiger partial charge in [0.25, 0.3) is 0 Å². The van der Waals surface area contributed by atoms with Crippen LogP contribution in [0.1, 0.15) is 31.0 Å². The van der Waals surface area contributed by atoms with Gasteiger partial charge in [-0.25, -0.2) is 0 Å². The van der Waals surface area contributed by atoms with E-state index in [4.69, 9.17) is 10.5 Å². The highest BCUT2D eigenvalue weighted by molar-refractivity contribution is 5.45. The lowest BCUT2D eigenvalue weighted by molar-refractivity contribution is 0.0290. The van der Waals surface area contributed by atoms with E-state index < -0.39 is 0 Å². The molecule has 0 aliphatic carbocycles. The summed E-state index contributed by atoms with van der Waals surface area (Å²) in [6.07, 6.45) is 0. The van der Waals surface area contributed by atoms with Crippen molar-refractivity contribution in [3.8, 4) is 5.75 Å². The molecule has 1 atom stereocenters. The van der Waals surface area contributed by atoms with Crippen molar-refractivity contribution in [1.29, 1.82) is 0 Å². The van der Waals surface area contributed by atoms with Crippen LogP contribution in [0.3, 0.4) is 0 Å². The molecule has 1 aromatic carbocycles. The zero-order chi connectivity index (χ0) is 13.3. The molecule has 1 aliphatic heterocycles. The van der Waals surface area contributed by atoms with Crippen molar-refractivity contribution in [2.75, 3.05) is 20.3 Å². The van der Waals surface area contributed by atoms with E-state index in [2.05, 4.69) is 11.0 Å². The van der Waals surface area contributed by atoms with Crippen LogP contribution >= 0.6 is 0 Å². The van der Waals surface area contributed by atoms with E-state index >= 15 is 0 Å². The first kappa shape index (κ1) is 13.3. The molecule has 4 heteroatoms. The minimum absolute atomic E-state index is 0.111. The van der Waals surface area contributed by atoms with Crippen LogP contribution in [0.25, 0.3) is 0 Å². The molecule has 0 aromatic heterocycles. The maximum absolute atomic E-state index is 9.56. The third-order valence-corrected chi connectivity index (χ3v) is 3.84. The quantitative estimate of drug-likeness (QED) is 0.845. The smallest absolute Gasteiger partial charge is 0.123 e. The molecular formula is C14H22N2O2. The molecule has 18 heavy (non-hydrogen) atoms. The van der Waals surface area contributed by atoms with E-state index in [9.17, 15) is 5.11 Å². The van der Waals surface area contributed by atoms with Crippen molar-refractivity contribution >= 4 is 0 Å². The fourth-order valence-corrected chi connectivity index (χ4v) is 2.68. The van der Waals surface area contributed by atoms with Crippen LogP contribution in [0.4, 0.5) is 0 Å². The van der Waals surface area contributed by atoms with Crippen LogP contribution in [-0.4, -0.2) is 35.8 Å². The summed E-state index contributed by atoms with van der Waals surface area (Å²) in [6.45, 7) is 5.50. The molecule has 1 aliphatic rings. The Bertz CT molecular complexity index is 432. The molecule has 1 aromatic rings. The summed E-state index contributed by atoms with van der Waals surface area (Å²) in [6, 6.07) is 6.22. The lowest BCUT2D eigenvalue weighted by Crippen LogP contribution is -2.47. The summed E-state index contributed by atoms with van der Waals surface area (Å²) in [5.41, 5.74) is 8.05. The van der Waals surface area contributed by atoms with Crippen LogP contribution in [0.5, 0.6) is 5.75 Å². The van der Waals surface area contributed by atoms with Gasteiger partial charge in [-0.05, 0) is 25.5 Å². The normalized spacial score (nSPS) is 19.9. The summed E-state index contributed by atoms with van der Waals surface area (Å²) in [5, 5.41) is 9.56. The van der Waals surface area contributed by atoms with Gasteiger partial charge in [-0.15, -0.1) is 0 Å². The molecule has 0 saturated heterocycles. The second kappa shape index (κ2) is 4.88. The van der Waals surface area contributed by atoms with Crippen molar-refractivity contribution < 1.29 is 9.84 Å². The number of methoxy groups -OCH3 is 1. The van der Waals surface area contributed by atoms with Crippen LogP contribution in [0.2, 0.25) is 0 Å². The van der Waals surface area contributed by atoms with Gasteiger partial charge in [0.1, 0.15) is 5.75 Å². The molecule has 0 radical (unpaired) electrons. The van der Waals surface area contributed by atoms with Gasteiger partial charge in [0.15, 0.2) is 0 Å². The van der Waals surface area contributed by atoms with Gasteiger partial charge in [-0.2, -0.15) is 0 Å². The summed E-state index contributed by atoms with van der Waals surface area (Å²) in [4.78, 5) is 2.25. The highest BCUT2D eigenvalue weighted by atomic mass is 16.5. The van der Waals surface area contributed by atoms with Crippen LogP contribution < -0.4 is 10.5 Å². The maximum Gasteiger partial charge on any atom is 0.123 e. The standard InChI is InChI=1S/C14H22N2O2/c1-14(2,9-17)16-8-11-10(12(16)7-15)5-4-6-13(11)18-3/h4-6,12,17H,7-9,15H2,1-3H3. The van der Waals surface area contributed by atoms with Crippen molar-refractivity contribution in [3.05, 3.63) is 29.3 Å². The van der Waals surface area contributed by atoms with Crippen molar-refractivity contribution in [3.63, 3.8) is 0 Å². The van der Waals surface area contributed by atoms with Crippen molar-refractivity contribution in [1.82, 2.24) is 4.90 Å². The molecule has 0 bridgehead atoms. The number of hydrogen-bond donors (Lipinski definition) is 2. The monoisotopic (exact) mass is 250 g/mol. The largest absolute Gasteiger partial charge is 0.496 e. The zero-order valence-corrected chi connectivity index (χ0v) is 11.3. The average molecular weight is 250 g/mol. The number of ether oxygens (including phenoxy) is 1. The highest BCUT2D eigenvalue weighted by Crippen LogP contribution is 2.41. The number of fused-ring (bicyclic) bond motifs is 1. The van der Waals surface area contributed by atoms with Gasteiger partial charge in [0.2, 0.25) is 0 Å². The van der Waals surface area contributed by atoms with E-state index in [1.165, 1.54) is 11.1 Å². The number of aliphatic hydroxyl groups is 1. The Morgan fingerprint density at radius 3 is 2.78 bits per heavy atom. The minimum Gasteiger partial charge on any atom is -0.496 e. The van der Waals surface area contributed by atoms with Gasteiger partial charge in [-0.3, -0.25) is 4.90 Å². The molecule has 0 fully saturated rings. The second-order valence-corrected chi connectivity index (χ2v) is 5.38. The third-order valence-electron chi connectivity index (χ3n) is 3.84. The van der Waals surface area contributed by atoms with Gasteiger partial charge in [0.05, 0.1) is 13.7 Å². The SMILES string of the molecule is COc1cccc2c1CN(C(C)(C)CO)C2CN. The first-order chi connectivity index (χ1) is 8.55. The zero-order valence-electron chi connectivity index (χ0n) is 11.3. The molecule has 2 rings (SSSR count). The minimum atomic E-state index is -0.284. The first-order valence-corrected chi connectivity index (χ1v) is 6.28. The van der Waals surface area contributed by atoms with E-state index in [1.54, 1.807) is 7.11 Å². The molecule has 0 saturated carbocycles. The Kier molecular flexibility index (Phi) is 3.61. The number of nitrogens with zero attached hydrogens (tertiary/aromatic N) is 1. The lowest BCUT2D eigenvalue weighted by atomic mass is 10.0. The molecule has 4 nitrogen and oxygen atoms in total. The fourth-order valence-electron chi connectivity index (χ4n) is 2.68. The molecule has 1 heterocycles. The Hall–Kier alpha value is -1.10. The molecule has 0 amide bonds.